The summed E-state index contributed by atoms with van der Waals surface area (Å²) in [7, 11) is 0. The molecule has 3 aromatic rings. The Balaban J connectivity index is 1.53. The van der Waals surface area contributed by atoms with E-state index in [1.54, 1.807) is 18.2 Å². The number of hydrogen-bond acceptors (Lipinski definition) is 2. The van der Waals surface area contributed by atoms with Crippen molar-refractivity contribution in [1.82, 2.24) is 4.90 Å². The highest BCUT2D eigenvalue weighted by Gasteiger charge is 2.24. The number of alkyl halides is 2. The quantitative estimate of drug-likeness (QED) is 0.322. The van der Waals surface area contributed by atoms with Crippen molar-refractivity contribution in [3.63, 3.8) is 0 Å². The van der Waals surface area contributed by atoms with Crippen molar-refractivity contribution in [3.05, 3.63) is 110 Å². The molecule has 196 valence electrons. The lowest BCUT2D eigenvalue weighted by Gasteiger charge is -2.34. The predicted octanol–water partition coefficient (Wildman–Crippen LogP) is 7.99. The molecule has 0 spiro atoms. The van der Waals surface area contributed by atoms with Crippen LogP contribution in [0.5, 0.6) is 0 Å². The summed E-state index contributed by atoms with van der Waals surface area (Å²) in [4.78, 5) is 13.5. The molecule has 1 atom stereocenters. The molecule has 0 aromatic heterocycles. The Kier molecular flexibility index (Phi) is 7.98. The van der Waals surface area contributed by atoms with Gasteiger partial charge in [0.25, 0.3) is 0 Å². The van der Waals surface area contributed by atoms with Crippen LogP contribution in [0.2, 0.25) is 10.0 Å². The maximum atomic E-state index is 13.3. The highest BCUT2D eigenvalue weighted by Crippen LogP contribution is 2.42. The zero-order valence-corrected chi connectivity index (χ0v) is 22.2. The van der Waals surface area contributed by atoms with Crippen LogP contribution < -0.4 is 0 Å². The molecule has 0 radical (unpaired) electrons. The van der Waals surface area contributed by atoms with E-state index in [1.807, 2.05) is 23.1 Å². The van der Waals surface area contributed by atoms with Crippen LogP contribution in [0, 0.1) is 0 Å². The number of fused-ring (bicyclic) bond motifs is 1. The minimum atomic E-state index is -1.43. The van der Waals surface area contributed by atoms with Crippen LogP contribution >= 0.6 is 23.2 Å². The number of halogens is 4. The Labute approximate surface area is 231 Å². The van der Waals surface area contributed by atoms with Crippen molar-refractivity contribution in [1.29, 1.82) is 0 Å². The Bertz CT molecular complexity index is 1420. The zero-order valence-electron chi connectivity index (χ0n) is 20.7. The number of hydrogen-bond donors (Lipinski definition) is 1. The van der Waals surface area contributed by atoms with E-state index in [4.69, 9.17) is 23.2 Å². The molecule has 3 nitrogen and oxygen atoms in total. The number of carboxylic acid groups (broad SMARTS) is 1. The summed E-state index contributed by atoms with van der Waals surface area (Å²) in [5.41, 5.74) is 8.56. The van der Waals surface area contributed by atoms with Gasteiger partial charge in [-0.15, -0.1) is 0 Å². The average Bonchev–Trinajstić information content (AvgIpc) is 3.06. The van der Waals surface area contributed by atoms with Crippen molar-refractivity contribution in [2.45, 2.75) is 25.4 Å². The number of carbonyl (C=O) groups is 1. The average molecular weight is 554 g/mol. The van der Waals surface area contributed by atoms with Crippen molar-refractivity contribution in [2.75, 3.05) is 26.3 Å². The minimum Gasteiger partial charge on any atom is -0.478 e. The van der Waals surface area contributed by atoms with Crippen molar-refractivity contribution in [2.24, 2.45) is 0 Å². The van der Waals surface area contributed by atoms with Crippen LogP contribution in [-0.4, -0.2) is 48.5 Å². The molecule has 0 bridgehead atoms. The summed E-state index contributed by atoms with van der Waals surface area (Å²) in [6.07, 6.45) is 3.06. The van der Waals surface area contributed by atoms with Gasteiger partial charge in [0.2, 0.25) is 0 Å². The normalized spacial score (nSPS) is 16.5. The predicted molar refractivity (Wildman–Crippen MR) is 150 cm³/mol. The van der Waals surface area contributed by atoms with E-state index in [0.717, 1.165) is 58.2 Å². The lowest BCUT2D eigenvalue weighted by molar-refractivity contribution is 0.0696. The van der Waals surface area contributed by atoms with Crippen LogP contribution in [0.3, 0.4) is 0 Å². The summed E-state index contributed by atoms with van der Waals surface area (Å²) < 4.78 is 25.7. The van der Waals surface area contributed by atoms with Gasteiger partial charge in [-0.3, -0.25) is 4.90 Å². The highest BCUT2D eigenvalue weighted by molar-refractivity contribution is 6.36. The highest BCUT2D eigenvalue weighted by atomic mass is 35.5. The number of aromatic carboxylic acids is 1. The maximum absolute atomic E-state index is 13.3. The number of carboxylic acids is 1. The van der Waals surface area contributed by atoms with E-state index in [1.165, 1.54) is 5.57 Å². The molecule has 1 aliphatic heterocycles. The maximum Gasteiger partial charge on any atom is 0.335 e. The number of allylic oxidation sites excluding steroid dienone is 1. The number of likely N-dealkylation sites (tertiary alicyclic amines) is 1. The van der Waals surface area contributed by atoms with Gasteiger partial charge in [0.15, 0.2) is 0 Å². The summed E-state index contributed by atoms with van der Waals surface area (Å²) in [6, 6.07) is 19.1. The molecule has 5 rings (SSSR count). The lowest BCUT2D eigenvalue weighted by Crippen LogP contribution is -2.43. The van der Waals surface area contributed by atoms with Gasteiger partial charge in [0.05, 0.1) is 5.56 Å². The molecule has 1 heterocycles. The van der Waals surface area contributed by atoms with Crippen LogP contribution in [-0.2, 0) is 6.42 Å². The minimum absolute atomic E-state index is 0.125. The Morgan fingerprint density at radius 2 is 1.74 bits per heavy atom. The molecule has 1 aliphatic carbocycles. The Morgan fingerprint density at radius 3 is 2.42 bits per heavy atom. The summed E-state index contributed by atoms with van der Waals surface area (Å²) in [6.45, 7) is 0.467. The smallest absolute Gasteiger partial charge is 0.335 e. The first-order valence-corrected chi connectivity index (χ1v) is 13.4. The molecule has 1 N–H and O–H groups in total. The summed E-state index contributed by atoms with van der Waals surface area (Å²) in [5.74, 6) is -0.942. The molecule has 2 aliphatic rings. The van der Waals surface area contributed by atoms with E-state index in [9.17, 15) is 18.7 Å². The van der Waals surface area contributed by atoms with Gasteiger partial charge in [-0.1, -0.05) is 65.7 Å². The third-order valence-corrected chi connectivity index (χ3v) is 7.65. The molecule has 1 unspecified atom stereocenters. The summed E-state index contributed by atoms with van der Waals surface area (Å²) >= 11 is 12.9. The topological polar surface area (TPSA) is 40.5 Å². The van der Waals surface area contributed by atoms with Gasteiger partial charge in [-0.25, -0.2) is 13.6 Å². The molecule has 1 saturated heterocycles. The largest absolute Gasteiger partial charge is 0.478 e. The molecular weight excluding hydrogens is 527 g/mol. The number of aryl methyl sites for hydroxylation is 1. The fourth-order valence-electron chi connectivity index (χ4n) is 5.31. The van der Waals surface area contributed by atoms with Gasteiger partial charge in [0, 0.05) is 29.7 Å². The van der Waals surface area contributed by atoms with E-state index in [0.29, 0.717) is 23.1 Å². The van der Waals surface area contributed by atoms with Gasteiger partial charge < -0.3 is 5.11 Å². The van der Waals surface area contributed by atoms with Gasteiger partial charge in [0.1, 0.15) is 12.8 Å². The number of nitrogens with zero attached hydrogens (tertiary/aromatic N) is 1. The standard InChI is InChI=1S/C31H27Cl2F2NO2/c32-24-9-11-27(29(33)14-24)28-3-1-2-22-13-23(31(37)38)8-10-26(22)30(28)21-6-4-19(5-7-21)12-20-16-36(17-20)18-25(35)15-34/h4-14,25H,1-3,15-18H2,(H,37,38). The third-order valence-electron chi connectivity index (χ3n) is 7.10. The lowest BCUT2D eigenvalue weighted by atomic mass is 9.87. The molecule has 3 aromatic carbocycles. The first kappa shape index (κ1) is 26.6. The van der Waals surface area contributed by atoms with E-state index >= 15 is 0 Å². The van der Waals surface area contributed by atoms with Crippen LogP contribution in [0.15, 0.2) is 66.2 Å². The number of rotatable bonds is 7. The molecule has 0 saturated carbocycles. The Morgan fingerprint density at radius 1 is 1.00 bits per heavy atom. The van der Waals surface area contributed by atoms with E-state index < -0.39 is 18.8 Å². The second-order valence-corrected chi connectivity index (χ2v) is 10.7. The van der Waals surface area contributed by atoms with Crippen LogP contribution in [0.1, 0.15) is 51.0 Å². The Hall–Kier alpha value is -2.99. The zero-order chi connectivity index (χ0) is 26.8. The van der Waals surface area contributed by atoms with Crippen LogP contribution in [0.4, 0.5) is 8.78 Å². The van der Waals surface area contributed by atoms with E-state index in [2.05, 4.69) is 30.3 Å². The fourth-order valence-corrected chi connectivity index (χ4v) is 5.84. The van der Waals surface area contributed by atoms with Crippen molar-refractivity contribution >= 4 is 46.4 Å². The molecule has 38 heavy (non-hydrogen) atoms. The second kappa shape index (κ2) is 11.4. The van der Waals surface area contributed by atoms with Gasteiger partial charge in [-0.05, 0) is 88.1 Å². The van der Waals surface area contributed by atoms with Crippen LogP contribution in [0.25, 0.3) is 17.2 Å². The van der Waals surface area contributed by atoms with Crippen molar-refractivity contribution < 1.29 is 18.7 Å². The molecule has 0 amide bonds. The number of benzene rings is 3. The van der Waals surface area contributed by atoms with Crippen molar-refractivity contribution in [3.8, 4) is 0 Å². The molecular formula is C31H27Cl2F2NO2. The van der Waals surface area contributed by atoms with Gasteiger partial charge in [-0.2, -0.15) is 0 Å². The molecule has 7 heteroatoms. The first-order valence-electron chi connectivity index (χ1n) is 12.6. The second-order valence-electron chi connectivity index (χ2n) is 9.85. The SMILES string of the molecule is O=C(O)c1ccc2c(c1)CCCC(c1ccc(Cl)cc1Cl)=C2c1ccc(C=C2CN(CC(F)CF)C2)cc1. The third kappa shape index (κ3) is 5.70. The molecule has 1 fully saturated rings. The summed E-state index contributed by atoms with van der Waals surface area (Å²) in [5, 5.41) is 10.7. The van der Waals surface area contributed by atoms with E-state index in [-0.39, 0.29) is 12.1 Å². The fraction of sp³-hybridized carbons (Fsp3) is 0.258. The first-order chi connectivity index (χ1) is 18.3. The monoisotopic (exact) mass is 553 g/mol. The van der Waals surface area contributed by atoms with Gasteiger partial charge >= 0.3 is 5.97 Å².